The molecule has 0 radical (unpaired) electrons. The smallest absolute Gasteiger partial charge is 0.126 e. The monoisotopic (exact) mass is 163 g/mol. The average Bonchev–Trinajstić information content (AvgIpc) is 2.88. The van der Waals surface area contributed by atoms with Gasteiger partial charge < -0.3 is 11.1 Å². The van der Waals surface area contributed by atoms with Gasteiger partial charge in [-0.2, -0.15) is 0 Å². The number of hydrogen-bond acceptors (Lipinski definition) is 3. The van der Waals surface area contributed by atoms with E-state index in [1.807, 2.05) is 18.2 Å². The molecule has 1 aromatic heterocycles. The van der Waals surface area contributed by atoms with Crippen molar-refractivity contribution in [2.75, 3.05) is 11.9 Å². The first kappa shape index (κ1) is 7.55. The Bertz CT molecular complexity index is 254. The molecule has 0 saturated heterocycles. The van der Waals surface area contributed by atoms with Gasteiger partial charge in [-0.15, -0.1) is 0 Å². The zero-order valence-electron chi connectivity index (χ0n) is 6.96. The highest BCUT2D eigenvalue weighted by atomic mass is 15.1. The maximum Gasteiger partial charge on any atom is 0.126 e. The molecule has 0 aromatic carbocycles. The molecule has 3 heteroatoms. The molecule has 3 N–H and O–H groups in total. The summed E-state index contributed by atoms with van der Waals surface area (Å²) in [7, 11) is 0. The van der Waals surface area contributed by atoms with E-state index in [9.17, 15) is 0 Å². The number of aromatic nitrogens is 1. The summed E-state index contributed by atoms with van der Waals surface area (Å²) in [6.07, 6.45) is 4.12. The van der Waals surface area contributed by atoms with Gasteiger partial charge in [0.05, 0.1) is 5.54 Å². The van der Waals surface area contributed by atoms with Crippen molar-refractivity contribution in [2.45, 2.75) is 18.4 Å². The number of anilines is 1. The molecule has 1 saturated carbocycles. The second kappa shape index (κ2) is 2.75. The van der Waals surface area contributed by atoms with Gasteiger partial charge >= 0.3 is 0 Å². The van der Waals surface area contributed by atoms with Crippen molar-refractivity contribution >= 4 is 5.82 Å². The Kier molecular flexibility index (Phi) is 1.73. The molecule has 1 fully saturated rings. The summed E-state index contributed by atoms with van der Waals surface area (Å²) in [4.78, 5) is 4.19. The van der Waals surface area contributed by atoms with Crippen LogP contribution in [0, 0.1) is 0 Å². The van der Waals surface area contributed by atoms with Crippen molar-refractivity contribution < 1.29 is 0 Å². The Morgan fingerprint density at radius 1 is 1.50 bits per heavy atom. The van der Waals surface area contributed by atoms with Crippen LogP contribution in [0.4, 0.5) is 5.82 Å². The fourth-order valence-electron chi connectivity index (χ4n) is 1.24. The molecule has 0 atom stereocenters. The van der Waals surface area contributed by atoms with E-state index in [4.69, 9.17) is 5.73 Å². The average molecular weight is 163 g/mol. The van der Waals surface area contributed by atoms with Crippen LogP contribution in [-0.4, -0.2) is 17.1 Å². The summed E-state index contributed by atoms with van der Waals surface area (Å²) in [6.45, 7) is 0.698. The van der Waals surface area contributed by atoms with E-state index in [2.05, 4.69) is 10.3 Å². The largest absolute Gasteiger partial charge is 0.363 e. The number of pyridine rings is 1. The van der Waals surface area contributed by atoms with Crippen LogP contribution in [0.1, 0.15) is 12.8 Å². The number of hydrogen-bond donors (Lipinski definition) is 2. The van der Waals surface area contributed by atoms with Gasteiger partial charge in [-0.1, -0.05) is 6.07 Å². The molecule has 0 unspecified atom stereocenters. The third-order valence-electron chi connectivity index (χ3n) is 2.30. The maximum atomic E-state index is 5.63. The standard InChI is InChI=1S/C9H13N3/c10-7-9(4-5-9)12-8-3-1-2-6-11-8/h1-3,6H,4-5,7,10H2,(H,11,12). The molecule has 0 aliphatic heterocycles. The Labute approximate surface area is 72.0 Å². The van der Waals surface area contributed by atoms with Crippen molar-refractivity contribution in [2.24, 2.45) is 5.73 Å². The van der Waals surface area contributed by atoms with Crippen molar-refractivity contribution in [3.63, 3.8) is 0 Å². The molecular weight excluding hydrogens is 150 g/mol. The summed E-state index contributed by atoms with van der Waals surface area (Å²) < 4.78 is 0. The lowest BCUT2D eigenvalue weighted by atomic mass is 10.3. The molecule has 1 aliphatic rings. The highest BCUT2D eigenvalue weighted by Crippen LogP contribution is 2.37. The predicted molar refractivity (Wildman–Crippen MR) is 48.9 cm³/mol. The van der Waals surface area contributed by atoms with Gasteiger partial charge in [-0.3, -0.25) is 0 Å². The van der Waals surface area contributed by atoms with Crippen LogP contribution in [0.2, 0.25) is 0 Å². The van der Waals surface area contributed by atoms with Crippen molar-refractivity contribution in [1.82, 2.24) is 4.98 Å². The molecule has 1 aliphatic carbocycles. The van der Waals surface area contributed by atoms with Gasteiger partial charge in [0.1, 0.15) is 5.82 Å². The van der Waals surface area contributed by atoms with Gasteiger partial charge in [-0.25, -0.2) is 4.98 Å². The molecule has 1 aromatic rings. The Morgan fingerprint density at radius 2 is 2.33 bits per heavy atom. The minimum absolute atomic E-state index is 0.161. The third-order valence-corrected chi connectivity index (χ3v) is 2.30. The third kappa shape index (κ3) is 1.41. The number of rotatable bonds is 3. The second-order valence-corrected chi connectivity index (χ2v) is 3.32. The van der Waals surface area contributed by atoms with Crippen LogP contribution in [0.3, 0.4) is 0 Å². The predicted octanol–water partition coefficient (Wildman–Crippen LogP) is 0.985. The maximum absolute atomic E-state index is 5.63. The van der Waals surface area contributed by atoms with E-state index in [0.29, 0.717) is 6.54 Å². The Morgan fingerprint density at radius 3 is 2.83 bits per heavy atom. The van der Waals surface area contributed by atoms with E-state index in [0.717, 1.165) is 5.82 Å². The van der Waals surface area contributed by atoms with E-state index in [1.54, 1.807) is 6.20 Å². The molecule has 0 spiro atoms. The first-order valence-corrected chi connectivity index (χ1v) is 4.24. The van der Waals surface area contributed by atoms with E-state index < -0.39 is 0 Å². The summed E-state index contributed by atoms with van der Waals surface area (Å²) in [6, 6.07) is 5.85. The molecular formula is C9H13N3. The van der Waals surface area contributed by atoms with Gasteiger partial charge in [-0.05, 0) is 25.0 Å². The van der Waals surface area contributed by atoms with Crippen LogP contribution in [0.5, 0.6) is 0 Å². The lowest BCUT2D eigenvalue weighted by Crippen LogP contribution is -2.31. The SMILES string of the molecule is NCC1(Nc2ccccn2)CC1. The van der Waals surface area contributed by atoms with Crippen molar-refractivity contribution in [1.29, 1.82) is 0 Å². The number of nitrogens with two attached hydrogens (primary N) is 1. The van der Waals surface area contributed by atoms with Crippen LogP contribution < -0.4 is 11.1 Å². The minimum atomic E-state index is 0.161. The summed E-state index contributed by atoms with van der Waals surface area (Å²) in [5, 5.41) is 3.34. The van der Waals surface area contributed by atoms with E-state index in [1.165, 1.54) is 12.8 Å². The first-order chi connectivity index (χ1) is 5.85. The quantitative estimate of drug-likeness (QED) is 0.698. The summed E-state index contributed by atoms with van der Waals surface area (Å²) in [5.41, 5.74) is 5.79. The van der Waals surface area contributed by atoms with Crippen LogP contribution >= 0.6 is 0 Å². The van der Waals surface area contributed by atoms with Gasteiger partial charge in [0.25, 0.3) is 0 Å². The Hall–Kier alpha value is -1.09. The van der Waals surface area contributed by atoms with E-state index in [-0.39, 0.29) is 5.54 Å². The lowest BCUT2D eigenvalue weighted by molar-refractivity contribution is 0.737. The van der Waals surface area contributed by atoms with Gasteiger partial charge in [0.2, 0.25) is 0 Å². The number of nitrogens with one attached hydrogen (secondary N) is 1. The molecule has 1 heterocycles. The zero-order valence-corrected chi connectivity index (χ0v) is 6.96. The summed E-state index contributed by atoms with van der Waals surface area (Å²) >= 11 is 0. The second-order valence-electron chi connectivity index (χ2n) is 3.32. The fraction of sp³-hybridized carbons (Fsp3) is 0.444. The van der Waals surface area contributed by atoms with Crippen LogP contribution in [0.25, 0.3) is 0 Å². The first-order valence-electron chi connectivity index (χ1n) is 4.24. The lowest BCUT2D eigenvalue weighted by Gasteiger charge is -2.14. The molecule has 0 amide bonds. The van der Waals surface area contributed by atoms with Gasteiger partial charge in [0.15, 0.2) is 0 Å². The van der Waals surface area contributed by atoms with Crippen molar-refractivity contribution in [3.05, 3.63) is 24.4 Å². The minimum Gasteiger partial charge on any atom is -0.363 e. The molecule has 0 bridgehead atoms. The molecule has 3 nitrogen and oxygen atoms in total. The Balaban J connectivity index is 2.04. The highest BCUT2D eigenvalue weighted by Gasteiger charge is 2.41. The summed E-state index contributed by atoms with van der Waals surface area (Å²) in [5.74, 6) is 0.931. The topological polar surface area (TPSA) is 50.9 Å². The van der Waals surface area contributed by atoms with Crippen molar-refractivity contribution in [3.8, 4) is 0 Å². The fourth-order valence-corrected chi connectivity index (χ4v) is 1.24. The van der Waals surface area contributed by atoms with Gasteiger partial charge in [0, 0.05) is 12.7 Å². The van der Waals surface area contributed by atoms with Crippen LogP contribution in [-0.2, 0) is 0 Å². The highest BCUT2D eigenvalue weighted by molar-refractivity contribution is 5.40. The normalized spacial score (nSPS) is 18.8. The zero-order chi connectivity index (χ0) is 8.44. The molecule has 12 heavy (non-hydrogen) atoms. The molecule has 2 rings (SSSR count). The molecule has 64 valence electrons. The van der Waals surface area contributed by atoms with Crippen LogP contribution in [0.15, 0.2) is 24.4 Å². The van der Waals surface area contributed by atoms with E-state index >= 15 is 0 Å². The number of nitrogens with zero attached hydrogens (tertiary/aromatic N) is 1.